The molecule has 0 spiro atoms. The minimum absolute atomic E-state index is 0.0438. The van der Waals surface area contributed by atoms with Crippen LogP contribution in [0, 0.1) is 0 Å². The monoisotopic (exact) mass is 328 g/mol. The van der Waals surface area contributed by atoms with Gasteiger partial charge in [0.1, 0.15) is 6.54 Å². The number of amides is 2. The molecule has 0 saturated heterocycles. The molecule has 2 rings (SSSR count). The van der Waals surface area contributed by atoms with Gasteiger partial charge in [-0.3, -0.25) is 14.2 Å². The molecule has 0 fully saturated rings. The first-order chi connectivity index (χ1) is 11.4. The number of hydrogen-bond acceptors (Lipinski definition) is 4. The first-order valence-electron chi connectivity index (χ1n) is 7.63. The van der Waals surface area contributed by atoms with Crippen molar-refractivity contribution in [2.24, 2.45) is 0 Å². The van der Waals surface area contributed by atoms with Gasteiger partial charge >= 0.3 is 5.69 Å². The van der Waals surface area contributed by atoms with Crippen LogP contribution in [0.4, 0.5) is 5.69 Å². The summed E-state index contributed by atoms with van der Waals surface area (Å²) in [5.74, 6) is -0.367. The molecule has 2 aromatic rings. The molecular weight excluding hydrogens is 308 g/mol. The highest BCUT2D eigenvalue weighted by Crippen LogP contribution is 2.10. The highest BCUT2D eigenvalue weighted by atomic mass is 16.2. The second-order valence-electron chi connectivity index (χ2n) is 5.67. The molecule has 7 heteroatoms. The van der Waals surface area contributed by atoms with E-state index in [4.69, 9.17) is 0 Å². The number of benzene rings is 1. The van der Waals surface area contributed by atoms with Crippen LogP contribution in [-0.4, -0.2) is 27.4 Å². The lowest BCUT2D eigenvalue weighted by Crippen LogP contribution is -2.31. The third-order valence-electron chi connectivity index (χ3n) is 3.15. The molecular formula is C17H20N4O3. The van der Waals surface area contributed by atoms with Gasteiger partial charge in [-0.2, -0.15) is 0 Å². The number of nitrogens with zero attached hydrogens (tertiary/aromatic N) is 2. The van der Waals surface area contributed by atoms with Gasteiger partial charge in [-0.15, -0.1) is 0 Å². The lowest BCUT2D eigenvalue weighted by atomic mass is 10.1. The zero-order valence-electron chi connectivity index (χ0n) is 13.7. The molecule has 0 bridgehead atoms. The molecule has 0 unspecified atom stereocenters. The number of carbonyl (C=O) groups is 2. The highest BCUT2D eigenvalue weighted by molar-refractivity contribution is 5.90. The number of aromatic nitrogens is 2. The number of hydrogen-bond donors (Lipinski definition) is 2. The minimum Gasteiger partial charge on any atom is -0.354 e. The van der Waals surface area contributed by atoms with Crippen molar-refractivity contribution in [1.29, 1.82) is 0 Å². The van der Waals surface area contributed by atoms with E-state index in [-0.39, 0.29) is 30.8 Å². The van der Waals surface area contributed by atoms with Gasteiger partial charge in [0, 0.05) is 24.1 Å². The molecule has 1 aromatic carbocycles. The van der Waals surface area contributed by atoms with Crippen LogP contribution in [-0.2, 0) is 22.6 Å². The van der Waals surface area contributed by atoms with Crippen LogP contribution < -0.4 is 16.3 Å². The summed E-state index contributed by atoms with van der Waals surface area (Å²) in [6.07, 6.45) is 3.17. The van der Waals surface area contributed by atoms with Crippen molar-refractivity contribution in [3.63, 3.8) is 0 Å². The third kappa shape index (κ3) is 5.35. The van der Waals surface area contributed by atoms with E-state index in [0.29, 0.717) is 5.69 Å². The lowest BCUT2D eigenvalue weighted by molar-refractivity contribution is -0.121. The summed E-state index contributed by atoms with van der Waals surface area (Å²) in [5, 5.41) is 5.53. The predicted molar refractivity (Wildman–Crippen MR) is 90.6 cm³/mol. The van der Waals surface area contributed by atoms with Crippen molar-refractivity contribution in [3.05, 3.63) is 58.8 Å². The van der Waals surface area contributed by atoms with Crippen molar-refractivity contribution in [2.45, 2.75) is 32.9 Å². The van der Waals surface area contributed by atoms with E-state index < -0.39 is 5.69 Å². The Hall–Kier alpha value is -2.96. The van der Waals surface area contributed by atoms with Crippen molar-refractivity contribution in [1.82, 2.24) is 14.9 Å². The fraction of sp³-hybridized carbons (Fsp3) is 0.294. The summed E-state index contributed by atoms with van der Waals surface area (Å²) < 4.78 is 1.22. The Labute approximate surface area is 139 Å². The zero-order chi connectivity index (χ0) is 17.5. The largest absolute Gasteiger partial charge is 0.354 e. The fourth-order valence-corrected chi connectivity index (χ4v) is 2.13. The van der Waals surface area contributed by atoms with Crippen LogP contribution in [0.3, 0.4) is 0 Å². The minimum atomic E-state index is -0.473. The van der Waals surface area contributed by atoms with Gasteiger partial charge in [0.15, 0.2) is 0 Å². The van der Waals surface area contributed by atoms with E-state index in [2.05, 4.69) is 15.6 Å². The summed E-state index contributed by atoms with van der Waals surface area (Å²) in [6, 6.07) is 8.71. The number of rotatable bonds is 6. The van der Waals surface area contributed by atoms with Crippen LogP contribution in [0.1, 0.15) is 19.4 Å². The Kier molecular flexibility index (Phi) is 5.83. The average Bonchev–Trinajstić information content (AvgIpc) is 2.51. The van der Waals surface area contributed by atoms with Gasteiger partial charge in [-0.05, 0) is 37.6 Å². The van der Waals surface area contributed by atoms with Crippen LogP contribution in [0.25, 0.3) is 0 Å². The lowest BCUT2D eigenvalue weighted by Gasteiger charge is -2.09. The van der Waals surface area contributed by atoms with E-state index in [9.17, 15) is 14.4 Å². The SMILES string of the molecule is CC(C)NC(=O)Cc1ccc(NC(=O)Cn2cccnc2=O)cc1. The van der Waals surface area contributed by atoms with Crippen molar-refractivity contribution < 1.29 is 9.59 Å². The van der Waals surface area contributed by atoms with Gasteiger partial charge < -0.3 is 10.6 Å². The summed E-state index contributed by atoms with van der Waals surface area (Å²) in [4.78, 5) is 38.7. The fourth-order valence-electron chi connectivity index (χ4n) is 2.13. The smallest absolute Gasteiger partial charge is 0.347 e. The van der Waals surface area contributed by atoms with Gasteiger partial charge in [0.05, 0.1) is 6.42 Å². The maximum atomic E-state index is 12.0. The van der Waals surface area contributed by atoms with Gasteiger partial charge in [0.25, 0.3) is 0 Å². The molecule has 0 saturated carbocycles. The average molecular weight is 328 g/mol. The van der Waals surface area contributed by atoms with Crippen LogP contribution in [0.2, 0.25) is 0 Å². The summed E-state index contributed by atoms with van der Waals surface area (Å²) in [6.45, 7) is 3.71. The van der Waals surface area contributed by atoms with Gasteiger partial charge in [-0.1, -0.05) is 12.1 Å². The molecule has 1 heterocycles. The zero-order valence-corrected chi connectivity index (χ0v) is 13.7. The molecule has 126 valence electrons. The topological polar surface area (TPSA) is 93.1 Å². The Morgan fingerprint density at radius 1 is 1.17 bits per heavy atom. The highest BCUT2D eigenvalue weighted by Gasteiger charge is 2.07. The molecule has 1 aromatic heterocycles. The normalized spacial score (nSPS) is 10.5. The number of nitrogens with one attached hydrogen (secondary N) is 2. The maximum Gasteiger partial charge on any atom is 0.347 e. The predicted octanol–water partition coefficient (Wildman–Crippen LogP) is 0.949. The van der Waals surface area contributed by atoms with Crippen LogP contribution >= 0.6 is 0 Å². The number of anilines is 1. The molecule has 2 amide bonds. The molecule has 0 radical (unpaired) electrons. The van der Waals surface area contributed by atoms with E-state index in [0.717, 1.165) is 5.56 Å². The molecule has 0 atom stereocenters. The Morgan fingerprint density at radius 2 is 1.88 bits per heavy atom. The van der Waals surface area contributed by atoms with Gasteiger partial charge in [0.2, 0.25) is 11.8 Å². The van der Waals surface area contributed by atoms with Gasteiger partial charge in [-0.25, -0.2) is 9.78 Å². The van der Waals surface area contributed by atoms with E-state index >= 15 is 0 Å². The molecule has 24 heavy (non-hydrogen) atoms. The first kappa shape index (κ1) is 17.4. The van der Waals surface area contributed by atoms with Crippen molar-refractivity contribution >= 4 is 17.5 Å². The standard InChI is InChI=1S/C17H20N4O3/c1-12(2)19-15(22)10-13-4-6-14(7-5-13)20-16(23)11-21-9-3-8-18-17(21)24/h3-9,12H,10-11H2,1-2H3,(H,19,22)(H,20,23). The Bertz CT molecular complexity index is 766. The molecule has 0 aliphatic carbocycles. The second kappa shape index (κ2) is 8.05. The molecule has 7 nitrogen and oxygen atoms in total. The van der Waals surface area contributed by atoms with E-state index in [1.54, 1.807) is 30.3 Å². The summed E-state index contributed by atoms with van der Waals surface area (Å²) in [7, 11) is 0. The first-order valence-corrected chi connectivity index (χ1v) is 7.63. The summed E-state index contributed by atoms with van der Waals surface area (Å²) in [5.41, 5.74) is 0.985. The van der Waals surface area contributed by atoms with Crippen molar-refractivity contribution in [3.8, 4) is 0 Å². The molecule has 0 aliphatic heterocycles. The van der Waals surface area contributed by atoms with Crippen LogP contribution in [0.5, 0.6) is 0 Å². The number of carbonyl (C=O) groups excluding carboxylic acids is 2. The maximum absolute atomic E-state index is 12.0. The Balaban J connectivity index is 1.91. The van der Waals surface area contributed by atoms with E-state index in [1.807, 2.05) is 13.8 Å². The molecule has 2 N–H and O–H groups in total. The summed E-state index contributed by atoms with van der Waals surface area (Å²) >= 11 is 0. The van der Waals surface area contributed by atoms with Crippen LogP contribution in [0.15, 0.2) is 47.5 Å². The third-order valence-corrected chi connectivity index (χ3v) is 3.15. The van der Waals surface area contributed by atoms with Crippen molar-refractivity contribution in [2.75, 3.05) is 5.32 Å². The second-order valence-corrected chi connectivity index (χ2v) is 5.67. The quantitative estimate of drug-likeness (QED) is 0.825. The molecule has 0 aliphatic rings. The van der Waals surface area contributed by atoms with E-state index in [1.165, 1.54) is 17.0 Å². The Morgan fingerprint density at radius 3 is 2.50 bits per heavy atom.